The first-order valence-electron chi connectivity index (χ1n) is 7.96. The molecule has 7 nitrogen and oxygen atoms in total. The monoisotopic (exact) mass is 328 g/mol. The zero-order chi connectivity index (χ0) is 17.4. The van der Waals surface area contributed by atoms with Gasteiger partial charge in [-0.15, -0.1) is 0 Å². The predicted octanol–water partition coefficient (Wildman–Crippen LogP) is 1.47. The maximum absolute atomic E-state index is 12.2. The topological polar surface area (TPSA) is 83.0 Å². The molecule has 0 saturated carbocycles. The number of hydrogen-bond acceptors (Lipinski definition) is 6. The van der Waals surface area contributed by atoms with E-state index in [2.05, 4.69) is 30.5 Å². The molecule has 24 heavy (non-hydrogen) atoms. The van der Waals surface area contributed by atoms with E-state index in [0.29, 0.717) is 30.4 Å². The van der Waals surface area contributed by atoms with Crippen LogP contribution >= 0.6 is 0 Å². The molecule has 0 unspecified atom stereocenters. The summed E-state index contributed by atoms with van der Waals surface area (Å²) in [6.45, 7) is 3.95. The number of rotatable bonds is 8. The standard InChI is InChI=1S/C17H24N6O/c1-13-21-15(17(24)19-7-4-10-23(2)3)11-16(22-13)20-12-14-5-8-18-9-6-14/h5-6,8-9,11H,4,7,10,12H2,1-3H3,(H,19,24)(H,20,21,22). The number of amides is 1. The first-order chi connectivity index (χ1) is 11.5. The minimum Gasteiger partial charge on any atom is -0.366 e. The molecule has 1 amide bonds. The van der Waals surface area contributed by atoms with Crippen molar-refractivity contribution in [2.24, 2.45) is 0 Å². The van der Waals surface area contributed by atoms with Crippen LogP contribution in [0.2, 0.25) is 0 Å². The first kappa shape index (κ1) is 17.8. The molecule has 2 N–H and O–H groups in total. The van der Waals surface area contributed by atoms with Gasteiger partial charge in [0.1, 0.15) is 17.3 Å². The summed E-state index contributed by atoms with van der Waals surface area (Å²) in [5, 5.41) is 6.10. The smallest absolute Gasteiger partial charge is 0.270 e. The number of hydrogen-bond donors (Lipinski definition) is 2. The molecule has 0 aliphatic carbocycles. The zero-order valence-electron chi connectivity index (χ0n) is 14.4. The van der Waals surface area contributed by atoms with Crippen molar-refractivity contribution in [1.82, 2.24) is 25.2 Å². The van der Waals surface area contributed by atoms with Gasteiger partial charge in [-0.1, -0.05) is 0 Å². The van der Waals surface area contributed by atoms with E-state index in [-0.39, 0.29) is 5.91 Å². The van der Waals surface area contributed by atoms with Crippen LogP contribution in [0.3, 0.4) is 0 Å². The molecule has 2 rings (SSSR count). The third kappa shape index (κ3) is 5.92. The molecule has 0 aliphatic rings. The fourth-order valence-electron chi connectivity index (χ4n) is 2.16. The van der Waals surface area contributed by atoms with Crippen LogP contribution in [0, 0.1) is 6.92 Å². The summed E-state index contributed by atoms with van der Waals surface area (Å²) in [6.07, 6.45) is 4.39. The molecular weight excluding hydrogens is 304 g/mol. The van der Waals surface area contributed by atoms with E-state index in [9.17, 15) is 4.79 Å². The largest absolute Gasteiger partial charge is 0.366 e. The zero-order valence-corrected chi connectivity index (χ0v) is 14.4. The molecule has 128 valence electrons. The maximum Gasteiger partial charge on any atom is 0.270 e. The second kappa shape index (κ2) is 8.93. The lowest BCUT2D eigenvalue weighted by Crippen LogP contribution is -2.28. The van der Waals surface area contributed by atoms with Crippen LogP contribution in [0.1, 0.15) is 28.3 Å². The van der Waals surface area contributed by atoms with Crippen LogP contribution in [0.15, 0.2) is 30.6 Å². The van der Waals surface area contributed by atoms with Gasteiger partial charge in [0.05, 0.1) is 0 Å². The highest BCUT2D eigenvalue weighted by Gasteiger charge is 2.10. The van der Waals surface area contributed by atoms with Crippen molar-refractivity contribution >= 4 is 11.7 Å². The van der Waals surface area contributed by atoms with E-state index in [0.717, 1.165) is 18.5 Å². The number of carbonyl (C=O) groups excluding carboxylic acids is 1. The summed E-state index contributed by atoms with van der Waals surface area (Å²) in [5.74, 6) is 1.03. The van der Waals surface area contributed by atoms with Crippen LogP contribution in [-0.2, 0) is 6.54 Å². The van der Waals surface area contributed by atoms with Crippen molar-refractivity contribution < 1.29 is 4.79 Å². The van der Waals surface area contributed by atoms with E-state index < -0.39 is 0 Å². The summed E-state index contributed by atoms with van der Waals surface area (Å²) >= 11 is 0. The first-order valence-corrected chi connectivity index (χ1v) is 7.96. The molecule has 2 heterocycles. The fraction of sp³-hybridized carbons (Fsp3) is 0.412. The normalized spacial score (nSPS) is 10.7. The van der Waals surface area contributed by atoms with Gasteiger partial charge in [-0.05, 0) is 51.7 Å². The molecule has 0 fully saturated rings. The third-order valence-corrected chi connectivity index (χ3v) is 3.36. The summed E-state index contributed by atoms with van der Waals surface area (Å²) in [5.41, 5.74) is 1.47. The minimum absolute atomic E-state index is 0.175. The lowest BCUT2D eigenvalue weighted by molar-refractivity contribution is 0.0947. The molecule has 2 aromatic rings. The SMILES string of the molecule is Cc1nc(NCc2ccncc2)cc(C(=O)NCCCN(C)C)n1. The van der Waals surface area contributed by atoms with E-state index in [4.69, 9.17) is 0 Å². The van der Waals surface area contributed by atoms with Gasteiger partial charge in [-0.25, -0.2) is 9.97 Å². The van der Waals surface area contributed by atoms with Gasteiger partial charge in [-0.2, -0.15) is 0 Å². The van der Waals surface area contributed by atoms with Gasteiger partial charge in [0, 0.05) is 31.5 Å². The lowest BCUT2D eigenvalue weighted by Gasteiger charge is -2.11. The molecule has 0 aromatic carbocycles. The number of pyridine rings is 1. The summed E-state index contributed by atoms with van der Waals surface area (Å²) < 4.78 is 0. The van der Waals surface area contributed by atoms with Crippen molar-refractivity contribution in [2.45, 2.75) is 19.9 Å². The van der Waals surface area contributed by atoms with Crippen molar-refractivity contribution in [3.05, 3.63) is 47.7 Å². The fourth-order valence-corrected chi connectivity index (χ4v) is 2.16. The lowest BCUT2D eigenvalue weighted by atomic mass is 10.2. The number of nitrogens with one attached hydrogen (secondary N) is 2. The minimum atomic E-state index is -0.175. The van der Waals surface area contributed by atoms with Crippen molar-refractivity contribution in [2.75, 3.05) is 32.5 Å². The second-order valence-electron chi connectivity index (χ2n) is 5.81. The van der Waals surface area contributed by atoms with Crippen molar-refractivity contribution in [3.63, 3.8) is 0 Å². The molecular formula is C17H24N6O. The Kier molecular flexibility index (Phi) is 6.62. The molecule has 0 atom stereocenters. The number of aromatic nitrogens is 3. The van der Waals surface area contributed by atoms with E-state index in [1.807, 2.05) is 26.2 Å². The molecule has 0 bridgehead atoms. The van der Waals surface area contributed by atoms with E-state index >= 15 is 0 Å². The molecule has 0 spiro atoms. The Bertz CT molecular complexity index is 659. The number of carbonyl (C=O) groups is 1. The Labute approximate surface area is 142 Å². The highest BCUT2D eigenvalue weighted by Crippen LogP contribution is 2.09. The third-order valence-electron chi connectivity index (χ3n) is 3.36. The number of nitrogens with zero attached hydrogens (tertiary/aromatic N) is 4. The molecule has 0 aliphatic heterocycles. The second-order valence-corrected chi connectivity index (χ2v) is 5.81. The Morgan fingerprint density at radius 3 is 2.67 bits per heavy atom. The highest BCUT2D eigenvalue weighted by atomic mass is 16.1. The Hall–Kier alpha value is -2.54. The molecule has 0 saturated heterocycles. The number of aryl methyl sites for hydroxylation is 1. The number of anilines is 1. The summed E-state index contributed by atoms with van der Waals surface area (Å²) in [6, 6.07) is 5.54. The van der Waals surface area contributed by atoms with Crippen LogP contribution in [0.4, 0.5) is 5.82 Å². The maximum atomic E-state index is 12.2. The van der Waals surface area contributed by atoms with Crippen molar-refractivity contribution in [1.29, 1.82) is 0 Å². The van der Waals surface area contributed by atoms with Gasteiger partial charge in [-0.3, -0.25) is 9.78 Å². The van der Waals surface area contributed by atoms with Crippen LogP contribution in [0.25, 0.3) is 0 Å². The van der Waals surface area contributed by atoms with Crippen molar-refractivity contribution in [3.8, 4) is 0 Å². The van der Waals surface area contributed by atoms with Gasteiger partial charge in [0.15, 0.2) is 0 Å². The van der Waals surface area contributed by atoms with E-state index in [1.54, 1.807) is 25.4 Å². The molecule has 2 aromatic heterocycles. The summed E-state index contributed by atoms with van der Waals surface area (Å²) in [4.78, 5) is 26.8. The quantitative estimate of drug-likeness (QED) is 0.714. The van der Waals surface area contributed by atoms with Crippen LogP contribution < -0.4 is 10.6 Å². The molecule has 7 heteroatoms. The van der Waals surface area contributed by atoms with Crippen LogP contribution in [-0.4, -0.2) is 52.9 Å². The Morgan fingerprint density at radius 1 is 1.21 bits per heavy atom. The average molecular weight is 328 g/mol. The van der Waals surface area contributed by atoms with Gasteiger partial charge in [0.25, 0.3) is 5.91 Å². The Balaban J connectivity index is 1.93. The van der Waals surface area contributed by atoms with E-state index in [1.165, 1.54) is 0 Å². The van der Waals surface area contributed by atoms with Gasteiger partial charge < -0.3 is 15.5 Å². The summed E-state index contributed by atoms with van der Waals surface area (Å²) in [7, 11) is 4.02. The highest BCUT2D eigenvalue weighted by molar-refractivity contribution is 5.92. The average Bonchev–Trinajstić information content (AvgIpc) is 2.57. The van der Waals surface area contributed by atoms with Crippen LogP contribution in [0.5, 0.6) is 0 Å². The van der Waals surface area contributed by atoms with Gasteiger partial charge in [0.2, 0.25) is 0 Å². The van der Waals surface area contributed by atoms with Gasteiger partial charge >= 0.3 is 0 Å². The molecule has 0 radical (unpaired) electrons. The predicted molar refractivity (Wildman–Crippen MR) is 93.8 cm³/mol. The Morgan fingerprint density at radius 2 is 1.96 bits per heavy atom.